The maximum atomic E-state index is 13.3. The predicted molar refractivity (Wildman–Crippen MR) is 130 cm³/mol. The number of hydrogen-bond acceptors (Lipinski definition) is 6. The molecule has 1 aromatic carbocycles. The topological polar surface area (TPSA) is 76.2 Å². The molecule has 0 spiro atoms. The summed E-state index contributed by atoms with van der Waals surface area (Å²) in [4.78, 5) is 16.1. The Balaban J connectivity index is 2.28. The van der Waals surface area contributed by atoms with Crippen LogP contribution in [-0.4, -0.2) is 64.2 Å². The molecule has 0 radical (unpaired) electrons. The summed E-state index contributed by atoms with van der Waals surface area (Å²) < 4.78 is 45.8. The first kappa shape index (κ1) is 27.2. The molecular weight excluding hydrogens is 463 g/mol. The van der Waals surface area contributed by atoms with Crippen LogP contribution in [0.4, 0.5) is 8.68 Å². The number of halogens is 1. The maximum Gasteiger partial charge on any atom is 0.488 e. The zero-order chi connectivity index (χ0) is 25.2. The van der Waals surface area contributed by atoms with Crippen LogP contribution in [-0.2, 0) is 21.8 Å². The van der Waals surface area contributed by atoms with Gasteiger partial charge >= 0.3 is 16.6 Å². The third kappa shape index (κ3) is 8.64. The predicted octanol–water partition coefficient (Wildman–Crippen LogP) is 4.18. The molecule has 33 heavy (non-hydrogen) atoms. The molecule has 1 aromatic rings. The van der Waals surface area contributed by atoms with Crippen molar-refractivity contribution in [3.8, 4) is 17.2 Å². The van der Waals surface area contributed by atoms with Crippen LogP contribution in [0.5, 0.6) is 5.75 Å². The quantitative estimate of drug-likeness (QED) is 0.352. The summed E-state index contributed by atoms with van der Waals surface area (Å²) in [5.74, 6) is 3.14. The Morgan fingerprint density at radius 2 is 1.70 bits per heavy atom. The van der Waals surface area contributed by atoms with Gasteiger partial charge in [-0.1, -0.05) is 29.4 Å². The standard InChI is InChI=1S/C23H35FN2O5SSi/c1-17-19(16-25-10-12-26(13-11-25)22(27)30-23(3,4)5)15-21(31-32(24,28)29)18(2)20(17)9-14-33(6,7)8/h15H,10-13,16H2,1-8H3. The summed E-state index contributed by atoms with van der Waals surface area (Å²) in [6, 6.07) is 1.57. The van der Waals surface area contributed by atoms with E-state index in [1.807, 2.05) is 27.7 Å². The largest absolute Gasteiger partial charge is 0.488 e. The minimum atomic E-state index is -5.17. The second-order valence-corrected chi connectivity index (χ2v) is 16.1. The summed E-state index contributed by atoms with van der Waals surface area (Å²) >= 11 is 0. The van der Waals surface area contributed by atoms with Crippen molar-refractivity contribution in [3.05, 3.63) is 28.3 Å². The van der Waals surface area contributed by atoms with Gasteiger partial charge in [0, 0.05) is 43.9 Å². The van der Waals surface area contributed by atoms with Crippen LogP contribution >= 0.6 is 0 Å². The van der Waals surface area contributed by atoms with Crippen LogP contribution < -0.4 is 4.18 Å². The van der Waals surface area contributed by atoms with E-state index in [0.717, 1.165) is 11.1 Å². The maximum absolute atomic E-state index is 13.3. The van der Waals surface area contributed by atoms with Gasteiger partial charge in [-0.15, -0.1) is 5.54 Å². The summed E-state index contributed by atoms with van der Waals surface area (Å²) in [6.45, 7) is 18.2. The first-order chi connectivity index (χ1) is 15.0. The smallest absolute Gasteiger partial charge is 0.444 e. The van der Waals surface area contributed by atoms with E-state index in [4.69, 9.17) is 4.74 Å². The molecule has 7 nitrogen and oxygen atoms in total. The average molecular weight is 499 g/mol. The molecule has 184 valence electrons. The van der Waals surface area contributed by atoms with Crippen molar-refractivity contribution in [2.75, 3.05) is 26.2 Å². The highest BCUT2D eigenvalue weighted by Crippen LogP contribution is 2.30. The zero-order valence-corrected chi connectivity index (χ0v) is 22.7. The van der Waals surface area contributed by atoms with Crippen LogP contribution in [0.3, 0.4) is 0 Å². The molecule has 0 aromatic heterocycles. The van der Waals surface area contributed by atoms with E-state index in [2.05, 4.69) is 40.2 Å². The fourth-order valence-electron chi connectivity index (χ4n) is 3.39. The highest BCUT2D eigenvalue weighted by molar-refractivity contribution is 7.81. The summed E-state index contributed by atoms with van der Waals surface area (Å²) in [6.07, 6.45) is -0.332. The lowest BCUT2D eigenvalue weighted by Crippen LogP contribution is -2.49. The second-order valence-electron chi connectivity index (χ2n) is 10.4. The van der Waals surface area contributed by atoms with E-state index in [9.17, 15) is 17.1 Å². The van der Waals surface area contributed by atoms with Crippen molar-refractivity contribution < 1.29 is 26.0 Å². The van der Waals surface area contributed by atoms with Crippen molar-refractivity contribution in [3.63, 3.8) is 0 Å². The lowest BCUT2D eigenvalue weighted by molar-refractivity contribution is 0.0139. The van der Waals surface area contributed by atoms with E-state index < -0.39 is 24.2 Å². The molecule has 0 atom stereocenters. The molecule has 1 aliphatic rings. The fraction of sp³-hybridized carbons (Fsp3) is 0.609. The molecule has 0 saturated carbocycles. The number of benzene rings is 1. The Morgan fingerprint density at radius 1 is 1.12 bits per heavy atom. The van der Waals surface area contributed by atoms with Crippen molar-refractivity contribution in [1.29, 1.82) is 0 Å². The van der Waals surface area contributed by atoms with Crippen molar-refractivity contribution in [1.82, 2.24) is 9.80 Å². The highest BCUT2D eigenvalue weighted by atomic mass is 32.3. The third-order valence-electron chi connectivity index (χ3n) is 5.08. The second kappa shape index (κ2) is 10.0. The number of ether oxygens (including phenoxy) is 1. The molecule has 0 aliphatic carbocycles. The van der Waals surface area contributed by atoms with Crippen LogP contribution in [0.15, 0.2) is 6.07 Å². The van der Waals surface area contributed by atoms with Crippen LogP contribution in [0.25, 0.3) is 0 Å². The van der Waals surface area contributed by atoms with Crippen LogP contribution in [0, 0.1) is 25.3 Å². The molecule has 1 aliphatic heterocycles. The molecule has 0 N–H and O–H groups in total. The van der Waals surface area contributed by atoms with Gasteiger partial charge in [0.2, 0.25) is 0 Å². The molecule has 10 heteroatoms. The Kier molecular flexibility index (Phi) is 8.26. The molecule has 0 unspecified atom stereocenters. The van der Waals surface area contributed by atoms with E-state index in [1.165, 1.54) is 0 Å². The lowest BCUT2D eigenvalue weighted by Gasteiger charge is -2.36. The van der Waals surface area contributed by atoms with E-state index in [1.54, 1.807) is 17.9 Å². The fourth-order valence-corrected chi connectivity index (χ4v) is 4.28. The average Bonchev–Trinajstić information content (AvgIpc) is 2.63. The van der Waals surface area contributed by atoms with Crippen molar-refractivity contribution in [2.24, 2.45) is 0 Å². The first-order valence-electron chi connectivity index (χ1n) is 11.0. The van der Waals surface area contributed by atoms with Gasteiger partial charge in [0.1, 0.15) is 19.4 Å². The Hall–Kier alpha value is -2.09. The minimum Gasteiger partial charge on any atom is -0.444 e. The summed E-state index contributed by atoms with van der Waals surface area (Å²) in [7, 11) is -6.87. The molecule has 1 saturated heterocycles. The van der Waals surface area contributed by atoms with Gasteiger partial charge in [-0.05, 0) is 51.8 Å². The van der Waals surface area contributed by atoms with Crippen LogP contribution in [0.1, 0.15) is 43.0 Å². The molecule has 1 heterocycles. The summed E-state index contributed by atoms with van der Waals surface area (Å²) in [5, 5.41) is 0. The minimum absolute atomic E-state index is 0.0506. The normalized spacial score (nSPS) is 15.6. The van der Waals surface area contributed by atoms with Gasteiger partial charge in [-0.3, -0.25) is 4.90 Å². The van der Waals surface area contributed by atoms with Crippen LogP contribution in [0.2, 0.25) is 19.6 Å². The zero-order valence-electron chi connectivity index (χ0n) is 20.8. The monoisotopic (exact) mass is 498 g/mol. The Labute approximate surface area is 198 Å². The van der Waals surface area contributed by atoms with Gasteiger partial charge in [-0.2, -0.15) is 8.42 Å². The number of hydrogen-bond donors (Lipinski definition) is 0. The third-order valence-corrected chi connectivity index (χ3v) is 6.33. The van der Waals surface area contributed by atoms with E-state index >= 15 is 0 Å². The molecular formula is C23H35FN2O5SSi. The SMILES string of the molecule is Cc1c(CN2CCN(C(=O)OC(C)(C)C)CC2)cc(OS(=O)(=O)F)c(C)c1C#C[Si](C)(C)C. The molecule has 2 rings (SSSR count). The molecule has 0 bridgehead atoms. The number of rotatable bonds is 4. The first-order valence-corrected chi connectivity index (χ1v) is 15.8. The van der Waals surface area contributed by atoms with Gasteiger partial charge in [0.15, 0.2) is 0 Å². The Morgan fingerprint density at radius 3 is 2.18 bits per heavy atom. The summed E-state index contributed by atoms with van der Waals surface area (Å²) in [5.41, 5.74) is 5.64. The number of nitrogens with zero attached hydrogens (tertiary/aromatic N) is 2. The van der Waals surface area contributed by atoms with Crippen molar-refractivity contribution >= 4 is 24.7 Å². The number of amides is 1. The lowest BCUT2D eigenvalue weighted by atomic mass is 9.96. The molecule has 1 amide bonds. The highest BCUT2D eigenvalue weighted by Gasteiger charge is 2.27. The van der Waals surface area contributed by atoms with Gasteiger partial charge < -0.3 is 13.8 Å². The number of piperazine rings is 1. The van der Waals surface area contributed by atoms with Gasteiger partial charge in [0.25, 0.3) is 0 Å². The number of carbonyl (C=O) groups excluding carboxylic acids is 1. The molecule has 1 fully saturated rings. The Bertz CT molecular complexity index is 1060. The van der Waals surface area contributed by atoms with E-state index in [-0.39, 0.29) is 11.8 Å². The van der Waals surface area contributed by atoms with E-state index in [0.29, 0.717) is 43.9 Å². The number of carbonyl (C=O) groups is 1. The van der Waals surface area contributed by atoms with Crippen molar-refractivity contribution in [2.45, 2.75) is 66.4 Å². The van der Waals surface area contributed by atoms with Gasteiger partial charge in [0.05, 0.1) is 0 Å². The van der Waals surface area contributed by atoms with Gasteiger partial charge in [-0.25, -0.2) is 4.79 Å².